The first-order valence-electron chi connectivity index (χ1n) is 7.37. The van der Waals surface area contributed by atoms with E-state index in [1.165, 1.54) is 0 Å². The van der Waals surface area contributed by atoms with Crippen molar-refractivity contribution in [3.05, 3.63) is 107 Å². The first-order valence-corrected chi connectivity index (χ1v) is 7.75. The fraction of sp³-hybridized carbons (Fsp3) is 0. The van der Waals surface area contributed by atoms with E-state index < -0.39 is 0 Å². The third-order valence-electron chi connectivity index (χ3n) is 3.57. The van der Waals surface area contributed by atoms with Crippen molar-refractivity contribution in [1.82, 2.24) is 0 Å². The number of hydrogen-bond donors (Lipinski definition) is 0. The second kappa shape index (κ2) is 7.08. The van der Waals surface area contributed by atoms with E-state index in [2.05, 4.69) is 0 Å². The molecular weight excluding hydrogens is 304 g/mol. The molecule has 0 heterocycles. The van der Waals surface area contributed by atoms with Gasteiger partial charge >= 0.3 is 0 Å². The van der Waals surface area contributed by atoms with Crippen LogP contribution >= 0.6 is 11.6 Å². The van der Waals surface area contributed by atoms with Gasteiger partial charge in [-0.2, -0.15) is 0 Å². The number of carbonyl (C=O) groups excluding carboxylic acids is 1. The molecule has 0 N–H and O–H groups in total. The van der Waals surface area contributed by atoms with Crippen molar-refractivity contribution in [2.45, 2.75) is 0 Å². The molecule has 23 heavy (non-hydrogen) atoms. The maximum atomic E-state index is 12.9. The molecule has 0 saturated carbocycles. The third-order valence-corrected chi connectivity index (χ3v) is 3.91. The highest BCUT2D eigenvalue weighted by atomic mass is 35.5. The minimum absolute atomic E-state index is 0.0169. The van der Waals surface area contributed by atoms with Crippen LogP contribution in [0.25, 0.3) is 11.6 Å². The van der Waals surface area contributed by atoms with Gasteiger partial charge in [-0.15, -0.1) is 0 Å². The summed E-state index contributed by atoms with van der Waals surface area (Å²) in [5.74, 6) is -0.0169. The van der Waals surface area contributed by atoms with Crippen LogP contribution in [0, 0.1) is 0 Å². The molecule has 0 fully saturated rings. The molecule has 2 heteroatoms. The van der Waals surface area contributed by atoms with Crippen LogP contribution in [0.4, 0.5) is 0 Å². The molecule has 3 aromatic rings. The molecule has 0 atom stereocenters. The summed E-state index contributed by atoms with van der Waals surface area (Å²) in [6.07, 6.45) is 1.85. The van der Waals surface area contributed by atoms with Gasteiger partial charge in [0.05, 0.1) is 0 Å². The molecular formula is C21H15ClO. The molecule has 0 unspecified atom stereocenters. The highest BCUT2D eigenvalue weighted by Gasteiger charge is 2.14. The molecule has 0 amide bonds. The van der Waals surface area contributed by atoms with Gasteiger partial charge in [0.2, 0.25) is 0 Å². The molecule has 3 aromatic carbocycles. The molecule has 0 saturated heterocycles. The zero-order valence-electron chi connectivity index (χ0n) is 12.4. The van der Waals surface area contributed by atoms with E-state index in [0.29, 0.717) is 16.2 Å². The normalized spacial score (nSPS) is 11.3. The average molecular weight is 319 g/mol. The Bertz CT molecular complexity index is 836. The zero-order chi connectivity index (χ0) is 16.1. The van der Waals surface area contributed by atoms with Crippen LogP contribution < -0.4 is 0 Å². The lowest BCUT2D eigenvalue weighted by Gasteiger charge is -2.08. The number of benzene rings is 3. The van der Waals surface area contributed by atoms with Crippen LogP contribution in [-0.2, 0) is 0 Å². The van der Waals surface area contributed by atoms with Crippen LogP contribution in [0.15, 0.2) is 84.9 Å². The highest BCUT2D eigenvalue weighted by molar-refractivity contribution is 6.35. The Labute approximate surface area is 140 Å². The molecule has 0 radical (unpaired) electrons. The van der Waals surface area contributed by atoms with Gasteiger partial charge in [0.15, 0.2) is 5.78 Å². The molecule has 0 aliphatic heterocycles. The summed E-state index contributed by atoms with van der Waals surface area (Å²) >= 11 is 6.25. The number of hydrogen-bond acceptors (Lipinski definition) is 1. The maximum Gasteiger partial charge on any atom is 0.193 e. The van der Waals surface area contributed by atoms with Gasteiger partial charge in [-0.05, 0) is 23.3 Å². The topological polar surface area (TPSA) is 17.1 Å². The fourth-order valence-corrected chi connectivity index (χ4v) is 2.58. The van der Waals surface area contributed by atoms with Gasteiger partial charge in [0, 0.05) is 16.2 Å². The number of Topliss-reactive ketones (excluding diaryl/α,β-unsaturated/α-hetero) is 1. The van der Waals surface area contributed by atoms with Crippen LogP contribution in [0.2, 0.25) is 5.02 Å². The van der Waals surface area contributed by atoms with Gasteiger partial charge in [0.25, 0.3) is 0 Å². The van der Waals surface area contributed by atoms with Gasteiger partial charge < -0.3 is 0 Å². The average Bonchev–Trinajstić information content (AvgIpc) is 2.62. The Kier molecular flexibility index (Phi) is 4.70. The maximum absolute atomic E-state index is 12.9. The Morgan fingerprint density at radius 1 is 0.696 bits per heavy atom. The van der Waals surface area contributed by atoms with E-state index in [4.69, 9.17) is 11.6 Å². The van der Waals surface area contributed by atoms with Crippen molar-refractivity contribution in [3.8, 4) is 0 Å². The first kappa shape index (κ1) is 15.3. The standard InChI is InChI=1S/C21H15ClO/c22-20-14-8-7-13-18(20)15-19(16-9-3-1-4-10-16)21(23)17-11-5-2-6-12-17/h1-15H/b19-15-. The van der Waals surface area contributed by atoms with Gasteiger partial charge in [-0.25, -0.2) is 0 Å². The summed E-state index contributed by atoms with van der Waals surface area (Å²) in [6.45, 7) is 0. The summed E-state index contributed by atoms with van der Waals surface area (Å²) in [5, 5.41) is 0.627. The van der Waals surface area contributed by atoms with Crippen LogP contribution in [0.1, 0.15) is 21.5 Å². The minimum atomic E-state index is -0.0169. The van der Waals surface area contributed by atoms with Crippen molar-refractivity contribution < 1.29 is 4.79 Å². The summed E-state index contributed by atoms with van der Waals surface area (Å²) in [5.41, 5.74) is 3.00. The number of carbonyl (C=O) groups is 1. The summed E-state index contributed by atoms with van der Waals surface area (Å²) in [7, 11) is 0. The lowest BCUT2D eigenvalue weighted by atomic mass is 9.95. The second-order valence-corrected chi connectivity index (χ2v) is 5.55. The summed E-state index contributed by atoms with van der Waals surface area (Å²) in [4.78, 5) is 12.9. The Balaban J connectivity index is 2.12. The largest absolute Gasteiger partial charge is 0.289 e. The molecule has 0 aliphatic carbocycles. The monoisotopic (exact) mass is 318 g/mol. The number of halogens is 1. The van der Waals surface area contributed by atoms with E-state index in [9.17, 15) is 4.79 Å². The van der Waals surface area contributed by atoms with E-state index in [-0.39, 0.29) is 5.78 Å². The molecule has 0 aliphatic rings. The van der Waals surface area contributed by atoms with Crippen LogP contribution in [0.3, 0.4) is 0 Å². The predicted octanol–water partition coefficient (Wildman–Crippen LogP) is 5.76. The first-order chi connectivity index (χ1) is 11.3. The zero-order valence-corrected chi connectivity index (χ0v) is 13.2. The fourth-order valence-electron chi connectivity index (χ4n) is 2.39. The van der Waals surface area contributed by atoms with E-state index in [1.807, 2.05) is 91.0 Å². The molecule has 112 valence electrons. The number of ketones is 1. The SMILES string of the molecule is O=C(/C(=C\c1ccccc1Cl)c1ccccc1)c1ccccc1. The van der Waals surface area contributed by atoms with Crippen molar-refractivity contribution in [2.24, 2.45) is 0 Å². The lowest BCUT2D eigenvalue weighted by Crippen LogP contribution is -2.02. The third kappa shape index (κ3) is 3.58. The smallest absolute Gasteiger partial charge is 0.193 e. The second-order valence-electron chi connectivity index (χ2n) is 5.14. The van der Waals surface area contributed by atoms with Crippen LogP contribution in [0.5, 0.6) is 0 Å². The van der Waals surface area contributed by atoms with E-state index in [0.717, 1.165) is 11.1 Å². The van der Waals surface area contributed by atoms with Crippen LogP contribution in [-0.4, -0.2) is 5.78 Å². The molecule has 0 bridgehead atoms. The van der Waals surface area contributed by atoms with Gasteiger partial charge in [0.1, 0.15) is 0 Å². The molecule has 1 nitrogen and oxygen atoms in total. The van der Waals surface area contributed by atoms with Gasteiger partial charge in [-0.1, -0.05) is 90.5 Å². The molecule has 0 spiro atoms. The Morgan fingerprint density at radius 2 is 1.22 bits per heavy atom. The molecule has 3 rings (SSSR count). The van der Waals surface area contributed by atoms with E-state index >= 15 is 0 Å². The Hall–Kier alpha value is -2.64. The van der Waals surface area contributed by atoms with Gasteiger partial charge in [-0.3, -0.25) is 4.79 Å². The highest BCUT2D eigenvalue weighted by Crippen LogP contribution is 2.26. The number of allylic oxidation sites excluding steroid dienone is 1. The Morgan fingerprint density at radius 3 is 1.83 bits per heavy atom. The predicted molar refractivity (Wildman–Crippen MR) is 96.5 cm³/mol. The minimum Gasteiger partial charge on any atom is -0.289 e. The van der Waals surface area contributed by atoms with Crippen molar-refractivity contribution in [3.63, 3.8) is 0 Å². The molecule has 0 aromatic heterocycles. The lowest BCUT2D eigenvalue weighted by molar-refractivity contribution is 0.105. The van der Waals surface area contributed by atoms with E-state index in [1.54, 1.807) is 0 Å². The van der Waals surface area contributed by atoms with Crippen molar-refractivity contribution >= 4 is 29.0 Å². The summed E-state index contributed by atoms with van der Waals surface area (Å²) < 4.78 is 0. The van der Waals surface area contributed by atoms with Crippen molar-refractivity contribution in [1.29, 1.82) is 0 Å². The number of rotatable bonds is 4. The van der Waals surface area contributed by atoms with Crippen molar-refractivity contribution in [2.75, 3.05) is 0 Å². The summed E-state index contributed by atoms with van der Waals surface area (Å²) in [6, 6.07) is 26.4. The quantitative estimate of drug-likeness (QED) is 0.339.